The van der Waals surface area contributed by atoms with Crippen LogP contribution in [0, 0.1) is 0 Å². The fourth-order valence-electron chi connectivity index (χ4n) is 3.40. The van der Waals surface area contributed by atoms with E-state index in [1.165, 1.54) is 30.3 Å². The molecule has 4 aromatic carbocycles. The Labute approximate surface area is 309 Å². The van der Waals surface area contributed by atoms with Crippen molar-refractivity contribution in [1.82, 2.24) is 0 Å². The van der Waals surface area contributed by atoms with E-state index in [9.17, 15) is 46.1 Å². The van der Waals surface area contributed by atoms with Gasteiger partial charge < -0.3 is 20.4 Å². The molecule has 0 bridgehead atoms. The Bertz CT molecular complexity index is 1970. The molecule has 43 heavy (non-hydrogen) atoms. The zero-order chi connectivity index (χ0) is 29.4. The Kier molecular flexibility index (Phi) is 13.9. The van der Waals surface area contributed by atoms with Crippen LogP contribution in [-0.2, 0) is 20.2 Å². The van der Waals surface area contributed by atoms with Crippen LogP contribution in [0.3, 0.4) is 0 Å². The van der Waals surface area contributed by atoms with Gasteiger partial charge in [0.1, 0.15) is 4.90 Å². The van der Waals surface area contributed by atoms with Gasteiger partial charge in [0.15, 0.2) is 0 Å². The fraction of sp³-hybridized carbons (Fsp3) is 0. The molecule has 0 atom stereocenters. The molecule has 0 saturated heterocycles. The van der Waals surface area contributed by atoms with Gasteiger partial charge in [-0.3, -0.25) is 9.11 Å². The van der Waals surface area contributed by atoms with Crippen LogP contribution in [0.25, 0.3) is 10.8 Å². The minimum atomic E-state index is -5.12. The predicted octanol–water partition coefficient (Wildman–Crippen LogP) is -5.90. The van der Waals surface area contributed by atoms with Crippen LogP contribution in [-0.4, -0.2) is 37.0 Å². The molecule has 0 amide bonds. The molecule has 15 nitrogen and oxygen atoms in total. The molecule has 0 saturated carbocycles. The number of rotatable bonds is 7. The average Bonchev–Trinajstić information content (AvgIpc) is 2.86. The SMILES string of the molecule is O=C(O)c1cc(N=Nc2ccc(N=Nc3c(S(=O)(=O)O)cc4cc(S(=O)(=O)O)cc([O-])c4c3[O-])cc2)ccc1[O-].[Na+].[Na+].[Na+]. The molecule has 0 unspecified atom stereocenters. The van der Waals surface area contributed by atoms with E-state index in [2.05, 4.69) is 20.5 Å². The van der Waals surface area contributed by atoms with Gasteiger partial charge in [0.25, 0.3) is 20.2 Å². The van der Waals surface area contributed by atoms with Crippen molar-refractivity contribution >= 4 is 59.7 Å². The zero-order valence-electron chi connectivity index (χ0n) is 22.5. The summed E-state index contributed by atoms with van der Waals surface area (Å²) in [5, 5.41) is 59.8. The van der Waals surface area contributed by atoms with Gasteiger partial charge in [-0.2, -0.15) is 32.2 Å². The largest absolute Gasteiger partial charge is 1.00 e. The van der Waals surface area contributed by atoms with Crippen LogP contribution < -0.4 is 104 Å². The smallest absolute Gasteiger partial charge is 0.872 e. The Morgan fingerprint density at radius 2 is 1.16 bits per heavy atom. The number of fused-ring (bicyclic) bond motifs is 1. The van der Waals surface area contributed by atoms with E-state index in [-0.39, 0.29) is 106 Å². The van der Waals surface area contributed by atoms with Crippen molar-refractivity contribution in [2.45, 2.75) is 9.79 Å². The molecular weight excluding hydrogens is 641 g/mol. The molecule has 0 aliphatic carbocycles. The normalized spacial score (nSPS) is 11.6. The summed E-state index contributed by atoms with van der Waals surface area (Å²) in [5.41, 5.74) is -0.995. The zero-order valence-corrected chi connectivity index (χ0v) is 30.1. The van der Waals surface area contributed by atoms with Crippen molar-refractivity contribution in [2.24, 2.45) is 20.5 Å². The third-order valence-electron chi connectivity index (χ3n) is 5.23. The molecule has 0 heterocycles. The van der Waals surface area contributed by atoms with Crippen LogP contribution in [0.1, 0.15) is 10.4 Å². The number of hydrogen-bond donors (Lipinski definition) is 3. The second-order valence-corrected chi connectivity index (χ2v) is 10.7. The molecule has 0 aliphatic heterocycles. The summed E-state index contributed by atoms with van der Waals surface area (Å²) in [6.07, 6.45) is 0. The number of aromatic carboxylic acids is 1. The Hall–Kier alpha value is -1.97. The summed E-state index contributed by atoms with van der Waals surface area (Å²) in [5.74, 6) is -4.53. The van der Waals surface area contributed by atoms with E-state index < -0.39 is 75.3 Å². The van der Waals surface area contributed by atoms with Crippen LogP contribution in [0.5, 0.6) is 17.2 Å². The van der Waals surface area contributed by atoms with Crippen LogP contribution in [0.2, 0.25) is 0 Å². The van der Waals surface area contributed by atoms with Gasteiger partial charge in [0, 0.05) is 0 Å². The third kappa shape index (κ3) is 9.27. The molecule has 0 radical (unpaired) electrons. The van der Waals surface area contributed by atoms with Gasteiger partial charge in [0.2, 0.25) is 0 Å². The van der Waals surface area contributed by atoms with Crippen molar-refractivity contribution in [3.63, 3.8) is 0 Å². The van der Waals surface area contributed by atoms with E-state index >= 15 is 0 Å². The minimum absolute atomic E-state index is 0. The van der Waals surface area contributed by atoms with Crippen molar-refractivity contribution in [3.8, 4) is 17.2 Å². The Morgan fingerprint density at radius 3 is 1.67 bits per heavy atom. The number of carboxylic acid groups (broad SMARTS) is 1. The summed E-state index contributed by atoms with van der Waals surface area (Å²) in [4.78, 5) is 9.13. The van der Waals surface area contributed by atoms with Gasteiger partial charge in [-0.15, -0.1) is 10.9 Å². The molecule has 0 fully saturated rings. The number of carboxylic acids is 1. The molecule has 4 rings (SSSR count). The quantitative estimate of drug-likeness (QED) is 0.0959. The maximum Gasteiger partial charge on any atom is 1.00 e. The van der Waals surface area contributed by atoms with Crippen LogP contribution >= 0.6 is 0 Å². The summed E-state index contributed by atoms with van der Waals surface area (Å²) in [6.45, 7) is 0. The molecule has 4 aromatic rings. The van der Waals surface area contributed by atoms with Crippen LogP contribution in [0.4, 0.5) is 22.7 Å². The van der Waals surface area contributed by atoms with Gasteiger partial charge >= 0.3 is 94.6 Å². The molecule has 20 heteroatoms. The van der Waals surface area contributed by atoms with Gasteiger partial charge in [-0.05, 0) is 65.4 Å². The number of benzene rings is 4. The summed E-state index contributed by atoms with van der Waals surface area (Å²) in [6, 6.07) is 10.6. The van der Waals surface area contributed by atoms with E-state index in [1.54, 1.807) is 0 Å². The predicted molar refractivity (Wildman–Crippen MR) is 130 cm³/mol. The summed E-state index contributed by atoms with van der Waals surface area (Å²) in [7, 11) is -9.99. The number of hydrogen-bond acceptors (Lipinski definition) is 12. The van der Waals surface area contributed by atoms with E-state index in [1.807, 2.05) is 0 Å². The maximum atomic E-state index is 12.9. The number of nitrogens with zero attached hydrogens (tertiary/aromatic N) is 4. The maximum absolute atomic E-state index is 12.9. The fourth-order valence-corrected chi connectivity index (χ4v) is 4.59. The standard InChI is InChI=1S/C23H16N4O11S2.3Na/c28-17-6-5-14(9-16(17)23(31)32)26-24-12-1-3-13(4-2-12)25-27-21-19(40(36,37)38)8-11-7-15(39(33,34)35)10-18(29)20(11)22(21)30;;;/h1-10,28-30H,(H,31,32)(H,33,34,35)(H,36,37,38);;;/q;3*+1/p-3. The average molecular weight is 654 g/mol. The third-order valence-corrected chi connectivity index (χ3v) is 6.93. The molecular formula is C23H13N4Na3O11S2. The monoisotopic (exact) mass is 654 g/mol. The number of carbonyl (C=O) groups is 1. The minimum Gasteiger partial charge on any atom is -0.872 e. The van der Waals surface area contributed by atoms with Crippen molar-refractivity contribution in [1.29, 1.82) is 0 Å². The van der Waals surface area contributed by atoms with Crippen molar-refractivity contribution in [2.75, 3.05) is 0 Å². The first-order valence-electron chi connectivity index (χ1n) is 10.6. The van der Waals surface area contributed by atoms with E-state index in [0.717, 1.165) is 12.1 Å². The van der Waals surface area contributed by atoms with Gasteiger partial charge in [-0.25, -0.2) is 4.79 Å². The molecule has 0 aromatic heterocycles. The number of azo groups is 2. The van der Waals surface area contributed by atoms with E-state index in [4.69, 9.17) is 5.11 Å². The van der Waals surface area contributed by atoms with Gasteiger partial charge in [0.05, 0.1) is 33.2 Å². The molecule has 0 aliphatic rings. The van der Waals surface area contributed by atoms with Crippen molar-refractivity contribution in [3.05, 3.63) is 66.2 Å². The first kappa shape index (κ1) is 39.1. The first-order chi connectivity index (χ1) is 18.6. The molecule has 3 N–H and O–H groups in total. The van der Waals surface area contributed by atoms with E-state index in [0.29, 0.717) is 18.2 Å². The van der Waals surface area contributed by atoms with Crippen molar-refractivity contribution < 1.29 is 140 Å². The first-order valence-corrected chi connectivity index (χ1v) is 13.4. The topological polar surface area (TPSA) is 265 Å². The second kappa shape index (κ2) is 15.3. The molecule has 0 spiro atoms. The molecule has 206 valence electrons. The second-order valence-electron chi connectivity index (χ2n) is 7.92. The Morgan fingerprint density at radius 1 is 0.651 bits per heavy atom. The Balaban J connectivity index is 0.00000308. The summed E-state index contributed by atoms with van der Waals surface area (Å²) >= 11 is 0. The van der Waals surface area contributed by atoms with Gasteiger partial charge in [-0.1, -0.05) is 17.6 Å². The summed E-state index contributed by atoms with van der Waals surface area (Å²) < 4.78 is 65.5. The van der Waals surface area contributed by atoms with Crippen LogP contribution in [0.15, 0.2) is 90.9 Å².